The van der Waals surface area contributed by atoms with Crippen LogP contribution in [0.15, 0.2) is 30.3 Å². The highest BCUT2D eigenvalue weighted by Gasteiger charge is 2.40. The fourth-order valence-electron chi connectivity index (χ4n) is 1.53. The number of imide groups is 1. The second-order valence-corrected chi connectivity index (χ2v) is 4.13. The van der Waals surface area contributed by atoms with Crippen molar-refractivity contribution in [3.8, 4) is 0 Å². The molecule has 0 unspecified atom stereocenters. The van der Waals surface area contributed by atoms with Crippen molar-refractivity contribution in [1.29, 1.82) is 0 Å². The Morgan fingerprint density at radius 1 is 1.07 bits per heavy atom. The first-order valence-electron chi connectivity index (χ1n) is 4.24. The highest BCUT2D eigenvalue weighted by Crippen LogP contribution is 2.29. The van der Waals surface area contributed by atoms with Gasteiger partial charge >= 0.3 is 0 Å². The summed E-state index contributed by atoms with van der Waals surface area (Å²) in [5.74, 6) is -0.893. The van der Waals surface area contributed by atoms with E-state index in [9.17, 15) is 9.59 Å². The molecule has 1 aliphatic heterocycles. The van der Waals surface area contributed by atoms with Crippen LogP contribution in [0.5, 0.6) is 0 Å². The van der Waals surface area contributed by atoms with E-state index in [-0.39, 0.29) is 11.8 Å². The third-order valence-electron chi connectivity index (χ3n) is 2.23. The quantitative estimate of drug-likeness (QED) is 0.604. The molecule has 4 heteroatoms. The van der Waals surface area contributed by atoms with E-state index in [2.05, 4.69) is 21.2 Å². The molecule has 2 amide bonds. The third kappa shape index (κ3) is 1.46. The maximum atomic E-state index is 11.4. The van der Waals surface area contributed by atoms with Crippen LogP contribution in [0.3, 0.4) is 0 Å². The van der Waals surface area contributed by atoms with Gasteiger partial charge in [0.2, 0.25) is 11.8 Å². The van der Waals surface area contributed by atoms with Gasteiger partial charge in [0.15, 0.2) is 0 Å². The highest BCUT2D eigenvalue weighted by atomic mass is 79.9. The number of amides is 2. The normalized spacial score (nSPS) is 26.4. The van der Waals surface area contributed by atoms with Crippen molar-refractivity contribution in [2.75, 3.05) is 0 Å². The van der Waals surface area contributed by atoms with Crippen LogP contribution in [0.1, 0.15) is 11.5 Å². The maximum Gasteiger partial charge on any atom is 0.241 e. The summed E-state index contributed by atoms with van der Waals surface area (Å²) in [6, 6.07) is 9.27. The standard InChI is InChI=1S/C10H8BrNO2/c11-8-7(9(13)12-10(8)14)6-4-2-1-3-5-6/h1-5,7-8H,(H,12,13,14)/t7-,8+/m1/s1. The molecule has 2 atom stereocenters. The van der Waals surface area contributed by atoms with Crippen LogP contribution < -0.4 is 5.32 Å². The first-order valence-corrected chi connectivity index (χ1v) is 5.15. The van der Waals surface area contributed by atoms with Gasteiger partial charge in [-0.3, -0.25) is 14.9 Å². The molecule has 14 heavy (non-hydrogen) atoms. The second-order valence-electron chi connectivity index (χ2n) is 3.14. The molecule has 0 spiro atoms. The summed E-state index contributed by atoms with van der Waals surface area (Å²) in [6.07, 6.45) is 0. The average molecular weight is 254 g/mol. The zero-order valence-electron chi connectivity index (χ0n) is 7.24. The monoisotopic (exact) mass is 253 g/mol. The molecule has 0 bridgehead atoms. The Labute approximate surface area is 89.6 Å². The lowest BCUT2D eigenvalue weighted by molar-refractivity contribution is -0.125. The summed E-state index contributed by atoms with van der Waals surface area (Å²) in [5, 5.41) is 2.29. The first-order chi connectivity index (χ1) is 6.70. The van der Waals surface area contributed by atoms with Crippen LogP contribution in [-0.2, 0) is 9.59 Å². The molecule has 1 heterocycles. The van der Waals surface area contributed by atoms with Gasteiger partial charge in [-0.05, 0) is 5.56 Å². The molecule has 2 rings (SSSR count). The topological polar surface area (TPSA) is 46.2 Å². The van der Waals surface area contributed by atoms with Crippen molar-refractivity contribution in [2.45, 2.75) is 10.7 Å². The van der Waals surface area contributed by atoms with Crippen LogP contribution in [0.2, 0.25) is 0 Å². The van der Waals surface area contributed by atoms with Gasteiger partial charge in [-0.15, -0.1) is 0 Å². The van der Waals surface area contributed by atoms with Crippen LogP contribution >= 0.6 is 15.9 Å². The predicted molar refractivity (Wildman–Crippen MR) is 55.0 cm³/mol. The van der Waals surface area contributed by atoms with E-state index in [0.29, 0.717) is 0 Å². The Morgan fingerprint density at radius 3 is 2.21 bits per heavy atom. The van der Waals surface area contributed by atoms with Gasteiger partial charge < -0.3 is 0 Å². The minimum absolute atomic E-state index is 0.233. The average Bonchev–Trinajstić information content (AvgIpc) is 2.43. The highest BCUT2D eigenvalue weighted by molar-refractivity contribution is 9.10. The lowest BCUT2D eigenvalue weighted by Gasteiger charge is -2.08. The number of hydrogen-bond acceptors (Lipinski definition) is 2. The summed E-state index contributed by atoms with van der Waals surface area (Å²) in [7, 11) is 0. The Hall–Kier alpha value is -1.16. The fourth-order valence-corrected chi connectivity index (χ4v) is 2.19. The maximum absolute atomic E-state index is 11.4. The third-order valence-corrected chi connectivity index (χ3v) is 3.18. The van der Waals surface area contributed by atoms with Crippen molar-refractivity contribution in [3.63, 3.8) is 0 Å². The molecule has 0 saturated carbocycles. The van der Waals surface area contributed by atoms with Crippen LogP contribution in [0.25, 0.3) is 0 Å². The number of halogens is 1. The summed E-state index contributed by atoms with van der Waals surface area (Å²) in [5.41, 5.74) is 0.859. The van der Waals surface area contributed by atoms with E-state index in [1.165, 1.54) is 0 Å². The predicted octanol–water partition coefficient (Wildman–Crippen LogP) is 1.19. The minimum Gasteiger partial charge on any atom is -0.295 e. The Balaban J connectivity index is 2.36. The van der Waals surface area contributed by atoms with E-state index in [1.54, 1.807) is 0 Å². The smallest absolute Gasteiger partial charge is 0.241 e. The minimum atomic E-state index is -0.447. The Bertz CT molecular complexity index is 377. The number of alkyl halides is 1. The molecule has 72 valence electrons. The zero-order chi connectivity index (χ0) is 10.1. The van der Waals surface area contributed by atoms with Crippen molar-refractivity contribution >= 4 is 27.7 Å². The molecular weight excluding hydrogens is 246 g/mol. The van der Waals surface area contributed by atoms with E-state index in [4.69, 9.17) is 0 Å². The van der Waals surface area contributed by atoms with Crippen LogP contribution in [0, 0.1) is 0 Å². The molecule has 1 saturated heterocycles. The molecule has 1 N–H and O–H groups in total. The summed E-state index contributed by atoms with van der Waals surface area (Å²) < 4.78 is 0. The second kappa shape index (κ2) is 3.53. The van der Waals surface area contributed by atoms with Gasteiger partial charge in [0.05, 0.1) is 5.92 Å². The van der Waals surface area contributed by atoms with Crippen molar-refractivity contribution in [3.05, 3.63) is 35.9 Å². The van der Waals surface area contributed by atoms with Crippen molar-refractivity contribution in [1.82, 2.24) is 5.32 Å². The lowest BCUT2D eigenvalue weighted by Crippen LogP contribution is -2.22. The van der Waals surface area contributed by atoms with Gasteiger partial charge in [0.1, 0.15) is 4.83 Å². The largest absolute Gasteiger partial charge is 0.295 e. The van der Waals surface area contributed by atoms with Gasteiger partial charge in [-0.2, -0.15) is 0 Å². The zero-order valence-corrected chi connectivity index (χ0v) is 8.82. The van der Waals surface area contributed by atoms with E-state index >= 15 is 0 Å². The summed E-state index contributed by atoms with van der Waals surface area (Å²) >= 11 is 3.21. The summed E-state index contributed by atoms with van der Waals surface area (Å²) in [4.78, 5) is 22.2. The number of nitrogens with one attached hydrogen (secondary N) is 1. The first kappa shape index (κ1) is 9.40. The summed E-state index contributed by atoms with van der Waals surface area (Å²) in [6.45, 7) is 0. The van der Waals surface area contributed by atoms with E-state index < -0.39 is 10.7 Å². The Morgan fingerprint density at radius 2 is 1.71 bits per heavy atom. The molecule has 1 aromatic carbocycles. The SMILES string of the molecule is O=C1NC(=O)[C@H](c2ccccc2)[C@@H]1Br. The molecular formula is C10H8BrNO2. The number of benzene rings is 1. The molecule has 0 aliphatic carbocycles. The number of carbonyl (C=O) groups is 2. The molecule has 0 radical (unpaired) electrons. The van der Waals surface area contributed by atoms with Gasteiger partial charge in [0.25, 0.3) is 0 Å². The molecule has 1 fully saturated rings. The van der Waals surface area contributed by atoms with E-state index in [1.807, 2.05) is 30.3 Å². The number of rotatable bonds is 1. The fraction of sp³-hybridized carbons (Fsp3) is 0.200. The molecule has 1 aliphatic rings. The van der Waals surface area contributed by atoms with Crippen molar-refractivity contribution < 1.29 is 9.59 Å². The lowest BCUT2D eigenvalue weighted by atomic mass is 9.98. The van der Waals surface area contributed by atoms with Gasteiger partial charge in [0, 0.05) is 0 Å². The van der Waals surface area contributed by atoms with E-state index in [0.717, 1.165) is 5.56 Å². The van der Waals surface area contributed by atoms with Gasteiger partial charge in [-0.1, -0.05) is 46.3 Å². The van der Waals surface area contributed by atoms with Gasteiger partial charge in [-0.25, -0.2) is 0 Å². The molecule has 0 aromatic heterocycles. The number of carbonyl (C=O) groups excluding carboxylic acids is 2. The van der Waals surface area contributed by atoms with Crippen molar-refractivity contribution in [2.24, 2.45) is 0 Å². The molecule has 1 aromatic rings. The number of hydrogen-bond donors (Lipinski definition) is 1. The van der Waals surface area contributed by atoms with Crippen LogP contribution in [-0.4, -0.2) is 16.6 Å². The molecule has 3 nitrogen and oxygen atoms in total. The Kier molecular flexibility index (Phi) is 2.37. The van der Waals surface area contributed by atoms with Crippen LogP contribution in [0.4, 0.5) is 0 Å².